The van der Waals surface area contributed by atoms with Crippen LogP contribution in [0, 0.1) is 28.5 Å². The zero-order chi connectivity index (χ0) is 25.4. The number of halogens is 1. The molecule has 0 spiro atoms. The number of rotatable bonds is 5. The Kier molecular flexibility index (Phi) is 6.36. The fraction of sp³-hybridized carbons (Fsp3) is 0.429. The smallest absolute Gasteiger partial charge is 0.270 e. The molecule has 0 unspecified atom stereocenters. The van der Waals surface area contributed by atoms with Gasteiger partial charge in [0.15, 0.2) is 0 Å². The third-order valence-electron chi connectivity index (χ3n) is 7.99. The van der Waals surface area contributed by atoms with Crippen LogP contribution in [0.3, 0.4) is 0 Å². The number of pyridine rings is 2. The van der Waals surface area contributed by atoms with Crippen molar-refractivity contribution in [2.75, 3.05) is 16.8 Å². The van der Waals surface area contributed by atoms with E-state index in [2.05, 4.69) is 22.0 Å². The number of hydrogen-bond donors (Lipinski definition) is 0. The van der Waals surface area contributed by atoms with E-state index in [4.69, 9.17) is 0 Å². The molecule has 0 amide bonds. The number of aromatic nitrogens is 2. The van der Waals surface area contributed by atoms with Crippen LogP contribution < -0.4 is 15.4 Å². The number of benzene rings is 1. The van der Waals surface area contributed by atoms with Gasteiger partial charge < -0.3 is 14.4 Å². The molecule has 184 valence electrons. The van der Waals surface area contributed by atoms with Crippen LogP contribution >= 0.6 is 0 Å². The lowest BCUT2D eigenvalue weighted by atomic mass is 9.84. The lowest BCUT2D eigenvalue weighted by Crippen LogP contribution is -2.50. The molecule has 8 heteroatoms. The van der Waals surface area contributed by atoms with Crippen LogP contribution in [0.5, 0.6) is 0 Å². The van der Waals surface area contributed by atoms with E-state index in [0.29, 0.717) is 28.8 Å². The van der Waals surface area contributed by atoms with Crippen molar-refractivity contribution >= 4 is 22.4 Å². The molecule has 2 saturated carbocycles. The van der Waals surface area contributed by atoms with E-state index in [9.17, 15) is 19.7 Å². The maximum atomic E-state index is 13.6. The summed E-state index contributed by atoms with van der Waals surface area (Å²) in [4.78, 5) is 22.0. The van der Waals surface area contributed by atoms with Crippen molar-refractivity contribution in [3.05, 3.63) is 63.8 Å². The second-order valence-corrected chi connectivity index (χ2v) is 9.92. The fourth-order valence-corrected chi connectivity index (χ4v) is 5.80. The molecule has 2 aromatic heterocycles. The molecule has 0 bridgehead atoms. The average Bonchev–Trinajstić information content (AvgIpc) is 2.88. The summed E-state index contributed by atoms with van der Waals surface area (Å²) < 4.78 is 15.0. The van der Waals surface area contributed by atoms with E-state index in [-0.39, 0.29) is 28.7 Å². The Morgan fingerprint density at radius 1 is 0.944 bits per heavy atom. The first-order valence-electron chi connectivity index (χ1n) is 12.5. The SMILES string of the molecule is CN(c1c(C#N)c(=O)n(C)c2ccc(C#N)nc12)C1CCC(N(c2ccc(F)cc2)C2CCC2)CC1. The van der Waals surface area contributed by atoms with Crippen molar-refractivity contribution in [2.45, 2.75) is 63.1 Å². The van der Waals surface area contributed by atoms with E-state index in [1.54, 1.807) is 19.2 Å². The molecule has 0 N–H and O–H groups in total. The van der Waals surface area contributed by atoms with Gasteiger partial charge in [-0.05, 0) is 81.3 Å². The van der Waals surface area contributed by atoms with E-state index in [1.807, 2.05) is 24.1 Å². The van der Waals surface area contributed by atoms with E-state index >= 15 is 0 Å². The molecule has 2 aliphatic rings. The lowest BCUT2D eigenvalue weighted by molar-refractivity contribution is 0.301. The van der Waals surface area contributed by atoms with Gasteiger partial charge in [0.1, 0.15) is 34.7 Å². The molecule has 0 atom stereocenters. The van der Waals surface area contributed by atoms with Crippen molar-refractivity contribution in [1.29, 1.82) is 10.5 Å². The van der Waals surface area contributed by atoms with Gasteiger partial charge in [0.05, 0.1) is 11.2 Å². The summed E-state index contributed by atoms with van der Waals surface area (Å²) in [5.41, 5.74) is 2.62. The fourth-order valence-electron chi connectivity index (χ4n) is 5.80. The Bertz CT molecular complexity index is 1420. The number of aryl methyl sites for hydroxylation is 1. The summed E-state index contributed by atoms with van der Waals surface area (Å²) in [5.74, 6) is -0.222. The first-order valence-corrected chi connectivity index (χ1v) is 12.5. The predicted octanol–water partition coefficient (Wildman–Crippen LogP) is 4.62. The Balaban J connectivity index is 1.44. The van der Waals surface area contributed by atoms with Gasteiger partial charge in [0.2, 0.25) is 0 Å². The minimum absolute atomic E-state index is 0.0552. The largest absolute Gasteiger partial charge is 0.369 e. The van der Waals surface area contributed by atoms with Crippen LogP contribution in [0.25, 0.3) is 11.0 Å². The summed E-state index contributed by atoms with van der Waals surface area (Å²) in [7, 11) is 3.54. The van der Waals surface area contributed by atoms with Crippen molar-refractivity contribution in [3.63, 3.8) is 0 Å². The summed E-state index contributed by atoms with van der Waals surface area (Å²) in [6.45, 7) is 0. The molecule has 0 radical (unpaired) electrons. The summed E-state index contributed by atoms with van der Waals surface area (Å²) in [5, 5.41) is 19.3. The van der Waals surface area contributed by atoms with Crippen LogP contribution in [0.1, 0.15) is 56.2 Å². The van der Waals surface area contributed by atoms with Crippen molar-refractivity contribution in [2.24, 2.45) is 7.05 Å². The predicted molar refractivity (Wildman–Crippen MR) is 137 cm³/mol. The van der Waals surface area contributed by atoms with Crippen molar-refractivity contribution in [1.82, 2.24) is 9.55 Å². The zero-order valence-corrected chi connectivity index (χ0v) is 20.6. The van der Waals surface area contributed by atoms with Crippen molar-refractivity contribution < 1.29 is 4.39 Å². The minimum Gasteiger partial charge on any atom is -0.369 e. The van der Waals surface area contributed by atoms with Crippen LogP contribution in [0.15, 0.2) is 41.2 Å². The van der Waals surface area contributed by atoms with Crippen molar-refractivity contribution in [3.8, 4) is 12.1 Å². The van der Waals surface area contributed by atoms with Gasteiger partial charge in [-0.1, -0.05) is 0 Å². The Labute approximate surface area is 210 Å². The Morgan fingerprint density at radius 3 is 2.17 bits per heavy atom. The molecule has 36 heavy (non-hydrogen) atoms. The van der Waals surface area contributed by atoms with Gasteiger partial charge in [0, 0.05) is 37.9 Å². The maximum absolute atomic E-state index is 13.6. The molecule has 3 aromatic rings. The molecule has 2 heterocycles. The van der Waals surface area contributed by atoms with E-state index in [1.165, 1.54) is 23.1 Å². The monoisotopic (exact) mass is 484 g/mol. The molecular formula is C28H29FN6O. The van der Waals surface area contributed by atoms with Crippen LogP contribution in [0.4, 0.5) is 15.8 Å². The molecule has 0 aliphatic heterocycles. The number of nitrogens with zero attached hydrogens (tertiary/aromatic N) is 6. The zero-order valence-electron chi connectivity index (χ0n) is 20.6. The van der Waals surface area contributed by atoms with Gasteiger partial charge in [-0.15, -0.1) is 0 Å². The van der Waals surface area contributed by atoms with Crippen LogP contribution in [0.2, 0.25) is 0 Å². The molecule has 7 nitrogen and oxygen atoms in total. The summed E-state index contributed by atoms with van der Waals surface area (Å²) in [6, 6.07) is 15.3. The first-order chi connectivity index (χ1) is 17.4. The highest BCUT2D eigenvalue weighted by atomic mass is 19.1. The van der Waals surface area contributed by atoms with Gasteiger partial charge in [-0.25, -0.2) is 9.37 Å². The quantitative estimate of drug-likeness (QED) is 0.525. The van der Waals surface area contributed by atoms with Gasteiger partial charge in [0.25, 0.3) is 5.56 Å². The topological polar surface area (TPSA) is 88.9 Å². The normalized spacial score (nSPS) is 19.8. The van der Waals surface area contributed by atoms with Gasteiger partial charge >= 0.3 is 0 Å². The lowest BCUT2D eigenvalue weighted by Gasteiger charge is -2.47. The molecular weight excluding hydrogens is 455 g/mol. The molecule has 5 rings (SSSR count). The van der Waals surface area contributed by atoms with Gasteiger partial charge in [-0.2, -0.15) is 10.5 Å². The number of hydrogen-bond acceptors (Lipinski definition) is 6. The highest BCUT2D eigenvalue weighted by molar-refractivity contribution is 5.92. The summed E-state index contributed by atoms with van der Waals surface area (Å²) >= 11 is 0. The van der Waals surface area contributed by atoms with Gasteiger partial charge in [-0.3, -0.25) is 4.79 Å². The number of nitriles is 2. The van der Waals surface area contributed by atoms with Crippen LogP contribution in [-0.4, -0.2) is 34.7 Å². The number of anilines is 2. The van der Waals surface area contributed by atoms with E-state index in [0.717, 1.165) is 44.2 Å². The minimum atomic E-state index is -0.362. The number of fused-ring (bicyclic) bond motifs is 1. The molecule has 2 aliphatic carbocycles. The third kappa shape index (κ3) is 4.07. The highest BCUT2D eigenvalue weighted by Gasteiger charge is 2.35. The van der Waals surface area contributed by atoms with Crippen LogP contribution in [-0.2, 0) is 7.05 Å². The molecule has 2 fully saturated rings. The third-order valence-corrected chi connectivity index (χ3v) is 7.99. The molecule has 0 saturated heterocycles. The maximum Gasteiger partial charge on any atom is 0.270 e. The Hall–Kier alpha value is -3.91. The average molecular weight is 485 g/mol. The second kappa shape index (κ2) is 9.62. The second-order valence-electron chi connectivity index (χ2n) is 9.92. The first kappa shape index (κ1) is 23.8. The molecule has 1 aromatic carbocycles. The highest BCUT2D eigenvalue weighted by Crippen LogP contribution is 2.38. The Morgan fingerprint density at radius 2 is 1.58 bits per heavy atom. The van der Waals surface area contributed by atoms with E-state index < -0.39 is 0 Å². The summed E-state index contributed by atoms with van der Waals surface area (Å²) in [6.07, 6.45) is 7.26. The standard InChI is InChI=1S/C28H29FN6O/c1-33(27-24(17-31)28(36)34(2)25-15-8-19(16-30)32-26(25)27)20-11-13-23(14-12-20)35(21-4-3-5-21)22-9-6-18(29)7-10-22/h6-10,15,20-21,23H,3-5,11-14H2,1-2H3.